The molecule has 4 heteroatoms. The fourth-order valence-electron chi connectivity index (χ4n) is 3.15. The molecule has 0 bridgehead atoms. The second-order valence-corrected chi connectivity index (χ2v) is 6.25. The summed E-state index contributed by atoms with van der Waals surface area (Å²) in [6.07, 6.45) is 5.93. The van der Waals surface area contributed by atoms with Crippen LogP contribution in [0.15, 0.2) is 66.9 Å². The van der Waals surface area contributed by atoms with Crippen LogP contribution in [0.2, 0.25) is 0 Å². The van der Waals surface area contributed by atoms with Gasteiger partial charge >= 0.3 is 0 Å². The normalized spacial score (nSPS) is 13.8. The second-order valence-electron chi connectivity index (χ2n) is 6.25. The number of carbonyl (C=O) groups is 1. The molecule has 0 aliphatic carbocycles. The van der Waals surface area contributed by atoms with E-state index in [1.54, 1.807) is 13.1 Å². The molecule has 4 rings (SSSR count). The van der Waals surface area contributed by atoms with Gasteiger partial charge in [-0.15, -0.1) is 0 Å². The third-order valence-corrected chi connectivity index (χ3v) is 4.46. The number of aromatic nitrogens is 1. The van der Waals surface area contributed by atoms with Crippen LogP contribution in [-0.4, -0.2) is 10.9 Å². The van der Waals surface area contributed by atoms with Gasteiger partial charge < -0.3 is 10.2 Å². The minimum absolute atomic E-state index is 0.0365. The summed E-state index contributed by atoms with van der Waals surface area (Å²) in [7, 11) is 0. The molecule has 2 heterocycles. The maximum absolute atomic E-state index is 12.2. The molecule has 1 aliphatic rings. The van der Waals surface area contributed by atoms with E-state index in [1.165, 1.54) is 0 Å². The molecule has 26 heavy (non-hydrogen) atoms. The Morgan fingerprint density at radius 3 is 2.62 bits per heavy atom. The Labute approximate surface area is 152 Å². The number of anilines is 3. The SMILES string of the molecule is CC(=O)N1Cc2ccc(Nc3ccccn3)cc2/C=C\c2ccccc21. The van der Waals surface area contributed by atoms with E-state index >= 15 is 0 Å². The molecule has 4 nitrogen and oxygen atoms in total. The minimum Gasteiger partial charge on any atom is -0.340 e. The smallest absolute Gasteiger partial charge is 0.224 e. The summed E-state index contributed by atoms with van der Waals surface area (Å²) in [4.78, 5) is 18.4. The Kier molecular flexibility index (Phi) is 4.23. The Hall–Kier alpha value is -3.40. The van der Waals surface area contributed by atoms with Crippen LogP contribution in [0.5, 0.6) is 0 Å². The van der Waals surface area contributed by atoms with Gasteiger partial charge in [0.05, 0.1) is 12.2 Å². The summed E-state index contributed by atoms with van der Waals surface area (Å²) in [5.41, 5.74) is 5.15. The number of para-hydroxylation sites is 1. The van der Waals surface area contributed by atoms with Crippen molar-refractivity contribution in [2.24, 2.45) is 0 Å². The number of amides is 1. The molecule has 0 fully saturated rings. The fraction of sp³-hybridized carbons (Fsp3) is 0.0909. The highest BCUT2D eigenvalue weighted by Gasteiger charge is 2.18. The van der Waals surface area contributed by atoms with Crippen molar-refractivity contribution in [3.8, 4) is 0 Å². The summed E-state index contributed by atoms with van der Waals surface area (Å²) in [5, 5.41) is 3.32. The fourth-order valence-corrected chi connectivity index (χ4v) is 3.15. The van der Waals surface area contributed by atoms with E-state index in [1.807, 2.05) is 53.4 Å². The van der Waals surface area contributed by atoms with Crippen LogP contribution in [0, 0.1) is 0 Å². The second kappa shape index (κ2) is 6.84. The number of hydrogen-bond donors (Lipinski definition) is 1. The van der Waals surface area contributed by atoms with E-state index in [-0.39, 0.29) is 5.91 Å². The number of carbonyl (C=O) groups excluding carboxylic acids is 1. The molecule has 3 aromatic rings. The first kappa shape index (κ1) is 16.1. The van der Waals surface area contributed by atoms with Gasteiger partial charge in [0, 0.05) is 18.8 Å². The lowest BCUT2D eigenvalue weighted by Crippen LogP contribution is -2.29. The van der Waals surface area contributed by atoms with Crippen molar-refractivity contribution in [2.75, 3.05) is 10.2 Å². The van der Waals surface area contributed by atoms with E-state index in [9.17, 15) is 4.79 Å². The Morgan fingerprint density at radius 1 is 1.00 bits per heavy atom. The maximum Gasteiger partial charge on any atom is 0.224 e. The maximum atomic E-state index is 12.2. The van der Waals surface area contributed by atoms with E-state index in [2.05, 4.69) is 34.6 Å². The highest BCUT2D eigenvalue weighted by Crippen LogP contribution is 2.30. The zero-order chi connectivity index (χ0) is 17.9. The van der Waals surface area contributed by atoms with Gasteiger partial charge in [0.25, 0.3) is 0 Å². The van der Waals surface area contributed by atoms with Crippen LogP contribution in [0.25, 0.3) is 12.2 Å². The molecule has 1 amide bonds. The van der Waals surface area contributed by atoms with Gasteiger partial charge in [-0.1, -0.05) is 42.5 Å². The molecule has 1 N–H and O–H groups in total. The molecule has 128 valence electrons. The topological polar surface area (TPSA) is 45.2 Å². The van der Waals surface area contributed by atoms with Crippen LogP contribution < -0.4 is 10.2 Å². The number of hydrogen-bond acceptors (Lipinski definition) is 3. The molecular formula is C22H19N3O. The van der Waals surface area contributed by atoms with Gasteiger partial charge in [0.15, 0.2) is 0 Å². The van der Waals surface area contributed by atoms with Crippen molar-refractivity contribution >= 4 is 35.3 Å². The van der Waals surface area contributed by atoms with Gasteiger partial charge in [-0.05, 0) is 47.0 Å². The molecule has 0 saturated heterocycles. The van der Waals surface area contributed by atoms with Crippen molar-refractivity contribution in [1.82, 2.24) is 4.98 Å². The van der Waals surface area contributed by atoms with Crippen molar-refractivity contribution in [3.05, 3.63) is 83.6 Å². The van der Waals surface area contributed by atoms with Crippen molar-refractivity contribution in [2.45, 2.75) is 13.5 Å². The number of pyridine rings is 1. The van der Waals surface area contributed by atoms with Crippen LogP contribution in [0.3, 0.4) is 0 Å². The van der Waals surface area contributed by atoms with Crippen LogP contribution >= 0.6 is 0 Å². The Balaban J connectivity index is 1.73. The number of nitrogens with zero attached hydrogens (tertiary/aromatic N) is 2. The molecule has 1 aliphatic heterocycles. The number of rotatable bonds is 2. The van der Waals surface area contributed by atoms with Gasteiger partial charge in [-0.25, -0.2) is 4.98 Å². The monoisotopic (exact) mass is 341 g/mol. The zero-order valence-corrected chi connectivity index (χ0v) is 14.5. The molecule has 0 unspecified atom stereocenters. The lowest BCUT2D eigenvalue weighted by molar-refractivity contribution is -0.116. The predicted molar refractivity (Wildman–Crippen MR) is 106 cm³/mol. The quantitative estimate of drug-likeness (QED) is 0.724. The molecule has 2 aromatic carbocycles. The van der Waals surface area contributed by atoms with Crippen LogP contribution in [-0.2, 0) is 11.3 Å². The average molecular weight is 341 g/mol. The molecule has 0 atom stereocenters. The highest BCUT2D eigenvalue weighted by atomic mass is 16.2. The summed E-state index contributed by atoms with van der Waals surface area (Å²) < 4.78 is 0. The standard InChI is InChI=1S/C22H19N3O/c1-16(26)25-15-19-11-12-20(24-22-8-4-5-13-23-22)14-18(19)10-9-17-6-2-3-7-21(17)25/h2-14H,15H2,1H3,(H,23,24)/b10-9-. The first-order valence-electron chi connectivity index (χ1n) is 8.57. The van der Waals surface area contributed by atoms with E-state index in [0.29, 0.717) is 6.54 Å². The van der Waals surface area contributed by atoms with E-state index < -0.39 is 0 Å². The van der Waals surface area contributed by atoms with E-state index in [4.69, 9.17) is 0 Å². The van der Waals surface area contributed by atoms with Crippen molar-refractivity contribution in [3.63, 3.8) is 0 Å². The Morgan fingerprint density at radius 2 is 1.81 bits per heavy atom. The van der Waals surface area contributed by atoms with Crippen molar-refractivity contribution in [1.29, 1.82) is 0 Å². The van der Waals surface area contributed by atoms with Gasteiger partial charge in [-0.3, -0.25) is 4.79 Å². The van der Waals surface area contributed by atoms with Crippen molar-refractivity contribution < 1.29 is 4.79 Å². The third kappa shape index (κ3) is 3.22. The van der Waals surface area contributed by atoms with Gasteiger partial charge in [0.1, 0.15) is 5.82 Å². The number of nitrogens with one attached hydrogen (secondary N) is 1. The van der Waals surface area contributed by atoms with E-state index in [0.717, 1.165) is 33.9 Å². The zero-order valence-electron chi connectivity index (χ0n) is 14.5. The highest BCUT2D eigenvalue weighted by molar-refractivity contribution is 5.95. The third-order valence-electron chi connectivity index (χ3n) is 4.46. The van der Waals surface area contributed by atoms with Crippen LogP contribution in [0.4, 0.5) is 17.2 Å². The van der Waals surface area contributed by atoms with Crippen LogP contribution in [0.1, 0.15) is 23.6 Å². The number of benzene rings is 2. The molecule has 1 aromatic heterocycles. The molecule has 0 saturated carbocycles. The minimum atomic E-state index is 0.0365. The summed E-state index contributed by atoms with van der Waals surface area (Å²) in [5.74, 6) is 0.840. The summed E-state index contributed by atoms with van der Waals surface area (Å²) >= 11 is 0. The predicted octanol–water partition coefficient (Wildman–Crippen LogP) is 4.86. The van der Waals surface area contributed by atoms with Gasteiger partial charge in [-0.2, -0.15) is 0 Å². The first-order valence-corrected chi connectivity index (χ1v) is 8.57. The molecule has 0 spiro atoms. The van der Waals surface area contributed by atoms with Gasteiger partial charge in [0.2, 0.25) is 5.91 Å². The Bertz CT molecular complexity index is 980. The lowest BCUT2D eigenvalue weighted by atomic mass is 10.0. The summed E-state index contributed by atoms with van der Waals surface area (Å²) in [6, 6.07) is 19.9. The molecular weight excluding hydrogens is 322 g/mol. The summed E-state index contributed by atoms with van der Waals surface area (Å²) in [6.45, 7) is 2.16. The largest absolute Gasteiger partial charge is 0.340 e. The average Bonchev–Trinajstić information content (AvgIpc) is 2.65. The number of fused-ring (bicyclic) bond motifs is 2. The molecule has 0 radical (unpaired) electrons. The first-order chi connectivity index (χ1) is 12.7. The lowest BCUT2D eigenvalue weighted by Gasteiger charge is -2.26.